The second-order valence-electron chi connectivity index (χ2n) is 5.18. The second-order valence-corrected chi connectivity index (χ2v) is 6.10. The molecule has 0 amide bonds. The van der Waals surface area contributed by atoms with E-state index >= 15 is 0 Å². The number of likely N-dealkylation sites (N-methyl/N-ethyl adjacent to an activating group) is 1. The van der Waals surface area contributed by atoms with Gasteiger partial charge in [0, 0.05) is 29.3 Å². The summed E-state index contributed by atoms with van der Waals surface area (Å²) in [7, 11) is 2.19. The van der Waals surface area contributed by atoms with Gasteiger partial charge in [0.05, 0.1) is 11.6 Å². The molecule has 1 atom stereocenters. The summed E-state index contributed by atoms with van der Waals surface area (Å²) >= 11 is 3.51. The first kappa shape index (κ1) is 14.4. The molecule has 2 rings (SSSR count). The van der Waals surface area contributed by atoms with Gasteiger partial charge in [-0.15, -0.1) is 0 Å². The summed E-state index contributed by atoms with van der Waals surface area (Å²) in [5.74, 6) is 0. The molecule has 1 fully saturated rings. The van der Waals surface area contributed by atoms with Crippen LogP contribution in [0.15, 0.2) is 22.7 Å². The number of nitrogens with zero attached hydrogens (tertiary/aromatic N) is 3. The molecule has 4 heteroatoms. The molecule has 0 aliphatic carbocycles. The van der Waals surface area contributed by atoms with E-state index in [2.05, 4.69) is 51.8 Å². The summed E-state index contributed by atoms with van der Waals surface area (Å²) < 4.78 is 0.981. The van der Waals surface area contributed by atoms with E-state index in [0.29, 0.717) is 6.04 Å². The third-order valence-corrected chi connectivity index (χ3v) is 4.17. The Morgan fingerprint density at radius 1 is 1.37 bits per heavy atom. The van der Waals surface area contributed by atoms with Gasteiger partial charge in [-0.25, -0.2) is 0 Å². The predicted molar refractivity (Wildman–Crippen MR) is 82.4 cm³/mol. The number of hydrogen-bond donors (Lipinski definition) is 0. The Kier molecular flexibility index (Phi) is 4.84. The van der Waals surface area contributed by atoms with Crippen LogP contribution >= 0.6 is 15.9 Å². The van der Waals surface area contributed by atoms with E-state index in [1.54, 1.807) is 0 Å². The molecule has 1 saturated heterocycles. The lowest BCUT2D eigenvalue weighted by Crippen LogP contribution is -2.39. The summed E-state index contributed by atoms with van der Waals surface area (Å²) in [5.41, 5.74) is 1.88. The standard InChI is InChI=1S/C15H20BrN3/c1-3-14-11-18(2)5-4-6-19(14)15-8-12(10-17)7-13(16)9-15/h7-9,14H,3-6,11H2,1-2H3. The summed E-state index contributed by atoms with van der Waals surface area (Å²) in [4.78, 5) is 4.85. The lowest BCUT2D eigenvalue weighted by atomic mass is 10.1. The van der Waals surface area contributed by atoms with Gasteiger partial charge in [0.2, 0.25) is 0 Å². The lowest BCUT2D eigenvalue weighted by Gasteiger charge is -2.32. The highest BCUT2D eigenvalue weighted by Crippen LogP contribution is 2.26. The molecular weight excluding hydrogens is 302 g/mol. The Bertz CT molecular complexity index is 481. The van der Waals surface area contributed by atoms with Gasteiger partial charge in [-0.3, -0.25) is 0 Å². The number of nitriles is 1. The fourth-order valence-electron chi connectivity index (χ4n) is 2.74. The van der Waals surface area contributed by atoms with Crippen molar-refractivity contribution in [3.8, 4) is 6.07 Å². The highest BCUT2D eigenvalue weighted by molar-refractivity contribution is 9.10. The van der Waals surface area contributed by atoms with Gasteiger partial charge in [0.1, 0.15) is 0 Å². The van der Waals surface area contributed by atoms with Crippen molar-refractivity contribution in [3.05, 3.63) is 28.2 Å². The molecule has 0 bridgehead atoms. The minimum atomic E-state index is 0.522. The minimum absolute atomic E-state index is 0.522. The first-order chi connectivity index (χ1) is 9.13. The molecule has 3 nitrogen and oxygen atoms in total. The van der Waals surface area contributed by atoms with Crippen LogP contribution in [0.5, 0.6) is 0 Å². The lowest BCUT2D eigenvalue weighted by molar-refractivity contribution is 0.328. The van der Waals surface area contributed by atoms with Crippen molar-refractivity contribution >= 4 is 21.6 Å². The van der Waals surface area contributed by atoms with Crippen molar-refractivity contribution in [2.75, 3.05) is 31.6 Å². The highest BCUT2D eigenvalue weighted by Gasteiger charge is 2.22. The van der Waals surface area contributed by atoms with Crippen molar-refractivity contribution in [2.45, 2.75) is 25.8 Å². The maximum atomic E-state index is 9.11. The van der Waals surface area contributed by atoms with Crippen molar-refractivity contribution in [1.29, 1.82) is 5.26 Å². The van der Waals surface area contributed by atoms with Crippen LogP contribution in [0.3, 0.4) is 0 Å². The smallest absolute Gasteiger partial charge is 0.0992 e. The Balaban J connectivity index is 2.32. The van der Waals surface area contributed by atoms with Crippen LogP contribution in [0.4, 0.5) is 5.69 Å². The first-order valence-electron chi connectivity index (χ1n) is 6.80. The van der Waals surface area contributed by atoms with Crippen LogP contribution in [0.25, 0.3) is 0 Å². The topological polar surface area (TPSA) is 30.3 Å². The molecule has 0 spiro atoms. The second kappa shape index (κ2) is 6.40. The molecule has 0 aromatic heterocycles. The van der Waals surface area contributed by atoms with Crippen molar-refractivity contribution in [2.24, 2.45) is 0 Å². The van der Waals surface area contributed by atoms with Crippen molar-refractivity contribution < 1.29 is 0 Å². The fraction of sp³-hybridized carbons (Fsp3) is 0.533. The van der Waals surface area contributed by atoms with E-state index in [9.17, 15) is 0 Å². The fourth-order valence-corrected chi connectivity index (χ4v) is 3.22. The zero-order valence-electron chi connectivity index (χ0n) is 11.6. The third-order valence-electron chi connectivity index (χ3n) is 3.72. The Morgan fingerprint density at radius 2 is 2.16 bits per heavy atom. The average Bonchev–Trinajstić information content (AvgIpc) is 2.59. The predicted octanol–water partition coefficient (Wildman–Crippen LogP) is 3.24. The van der Waals surface area contributed by atoms with Gasteiger partial charge in [0.25, 0.3) is 0 Å². The van der Waals surface area contributed by atoms with Crippen LogP contribution < -0.4 is 4.90 Å². The molecule has 0 saturated carbocycles. The van der Waals surface area contributed by atoms with Crippen LogP contribution in [0, 0.1) is 11.3 Å². The number of halogens is 1. The van der Waals surface area contributed by atoms with E-state index < -0.39 is 0 Å². The molecule has 1 unspecified atom stereocenters. The summed E-state index contributed by atoms with van der Waals surface area (Å²) in [6, 6.07) is 8.75. The molecule has 1 aromatic carbocycles. The normalized spacial score (nSPS) is 20.9. The molecule has 102 valence electrons. The monoisotopic (exact) mass is 321 g/mol. The molecule has 0 N–H and O–H groups in total. The summed E-state index contributed by atoms with van der Waals surface area (Å²) in [6.07, 6.45) is 2.29. The number of rotatable bonds is 2. The Morgan fingerprint density at radius 3 is 2.84 bits per heavy atom. The maximum Gasteiger partial charge on any atom is 0.0992 e. The molecule has 1 heterocycles. The molecule has 19 heavy (non-hydrogen) atoms. The summed E-state index contributed by atoms with van der Waals surface area (Å²) in [6.45, 7) is 5.53. The number of benzene rings is 1. The Hall–Kier alpha value is -1.05. The number of hydrogen-bond acceptors (Lipinski definition) is 3. The van der Waals surface area contributed by atoms with Crippen LogP contribution in [0.1, 0.15) is 25.3 Å². The van der Waals surface area contributed by atoms with E-state index in [4.69, 9.17) is 5.26 Å². The van der Waals surface area contributed by atoms with Crippen LogP contribution in [0.2, 0.25) is 0 Å². The van der Waals surface area contributed by atoms with Gasteiger partial charge < -0.3 is 9.80 Å². The van der Waals surface area contributed by atoms with Crippen molar-refractivity contribution in [3.63, 3.8) is 0 Å². The van der Waals surface area contributed by atoms with E-state index in [1.807, 2.05) is 12.1 Å². The SMILES string of the molecule is CCC1CN(C)CCCN1c1cc(Br)cc(C#N)c1. The summed E-state index contributed by atoms with van der Waals surface area (Å²) in [5, 5.41) is 9.11. The molecular formula is C15H20BrN3. The molecule has 1 aliphatic heterocycles. The van der Waals surface area contributed by atoms with E-state index in [-0.39, 0.29) is 0 Å². The zero-order valence-corrected chi connectivity index (χ0v) is 13.2. The quantitative estimate of drug-likeness (QED) is 0.837. The van der Waals surface area contributed by atoms with Gasteiger partial charge in [0.15, 0.2) is 0 Å². The molecule has 1 aliphatic rings. The highest BCUT2D eigenvalue weighted by atomic mass is 79.9. The first-order valence-corrected chi connectivity index (χ1v) is 7.59. The van der Waals surface area contributed by atoms with E-state index in [0.717, 1.165) is 41.8 Å². The van der Waals surface area contributed by atoms with E-state index in [1.165, 1.54) is 6.42 Å². The maximum absolute atomic E-state index is 9.11. The minimum Gasteiger partial charge on any atom is -0.367 e. The number of anilines is 1. The van der Waals surface area contributed by atoms with Gasteiger partial charge in [-0.2, -0.15) is 5.26 Å². The zero-order chi connectivity index (χ0) is 13.8. The largest absolute Gasteiger partial charge is 0.367 e. The van der Waals surface area contributed by atoms with Gasteiger partial charge >= 0.3 is 0 Å². The van der Waals surface area contributed by atoms with Gasteiger partial charge in [-0.05, 0) is 44.6 Å². The third kappa shape index (κ3) is 3.49. The molecule has 0 radical (unpaired) electrons. The van der Waals surface area contributed by atoms with Crippen LogP contribution in [-0.4, -0.2) is 37.6 Å². The van der Waals surface area contributed by atoms with Crippen molar-refractivity contribution in [1.82, 2.24) is 4.90 Å². The van der Waals surface area contributed by atoms with Gasteiger partial charge in [-0.1, -0.05) is 22.9 Å². The molecule has 1 aromatic rings. The average molecular weight is 322 g/mol. The Labute approximate surface area is 123 Å². The van der Waals surface area contributed by atoms with Crippen LogP contribution in [-0.2, 0) is 0 Å².